The van der Waals surface area contributed by atoms with Gasteiger partial charge in [0.15, 0.2) is 0 Å². The smallest absolute Gasteiger partial charge is 0.242 e. The highest BCUT2D eigenvalue weighted by molar-refractivity contribution is 7.89. The molecule has 2 aromatic carbocycles. The Morgan fingerprint density at radius 1 is 1.00 bits per heavy atom. The van der Waals surface area contributed by atoms with Gasteiger partial charge in [-0.2, -0.15) is 0 Å². The van der Waals surface area contributed by atoms with Crippen LogP contribution in [-0.4, -0.2) is 8.42 Å². The fourth-order valence-electron chi connectivity index (χ4n) is 1.84. The summed E-state index contributed by atoms with van der Waals surface area (Å²) < 4.78 is 26.9. The molecule has 0 saturated carbocycles. The second-order valence-corrected chi connectivity index (χ2v) is 6.37. The van der Waals surface area contributed by atoms with Crippen LogP contribution in [0.2, 0.25) is 5.02 Å². The van der Waals surface area contributed by atoms with Crippen LogP contribution in [0, 0.1) is 0 Å². The molecule has 106 valence electrons. The molecule has 0 aromatic heterocycles. The maximum atomic E-state index is 12.2. The molecule has 0 heterocycles. The summed E-state index contributed by atoms with van der Waals surface area (Å²) >= 11 is 5.91. The predicted octanol–water partition coefficient (Wildman–Crippen LogP) is 2.28. The van der Waals surface area contributed by atoms with Gasteiger partial charge in [0.1, 0.15) is 4.90 Å². The van der Waals surface area contributed by atoms with Crippen molar-refractivity contribution in [3.05, 3.63) is 64.7 Å². The van der Waals surface area contributed by atoms with Crippen LogP contribution >= 0.6 is 11.6 Å². The van der Waals surface area contributed by atoms with Crippen LogP contribution in [0.5, 0.6) is 0 Å². The van der Waals surface area contributed by atoms with Crippen molar-refractivity contribution in [1.29, 1.82) is 0 Å². The molecule has 20 heavy (non-hydrogen) atoms. The molecule has 0 unspecified atom stereocenters. The first-order valence-electron chi connectivity index (χ1n) is 6.05. The summed E-state index contributed by atoms with van der Waals surface area (Å²) in [5.74, 6) is 0. The number of rotatable bonds is 5. The molecule has 0 aliphatic heterocycles. The number of sulfonamides is 1. The summed E-state index contributed by atoms with van der Waals surface area (Å²) in [5, 5.41) is 0.201. The molecule has 6 heteroatoms. The highest BCUT2D eigenvalue weighted by atomic mass is 35.5. The molecule has 0 bridgehead atoms. The number of benzene rings is 2. The monoisotopic (exact) mass is 310 g/mol. The lowest BCUT2D eigenvalue weighted by atomic mass is 10.1. The van der Waals surface area contributed by atoms with E-state index in [0.717, 1.165) is 11.1 Å². The highest BCUT2D eigenvalue weighted by Crippen LogP contribution is 2.20. The maximum Gasteiger partial charge on any atom is 0.242 e. The van der Waals surface area contributed by atoms with Gasteiger partial charge in [-0.1, -0.05) is 48.0 Å². The largest absolute Gasteiger partial charge is 0.326 e. The van der Waals surface area contributed by atoms with E-state index in [-0.39, 0.29) is 16.5 Å². The normalized spacial score (nSPS) is 11.5. The zero-order chi connectivity index (χ0) is 14.6. The van der Waals surface area contributed by atoms with Crippen LogP contribution in [0.3, 0.4) is 0 Å². The van der Waals surface area contributed by atoms with Crippen molar-refractivity contribution in [3.8, 4) is 0 Å². The van der Waals surface area contributed by atoms with Gasteiger partial charge in [-0.25, -0.2) is 13.1 Å². The van der Waals surface area contributed by atoms with E-state index < -0.39 is 10.0 Å². The maximum absolute atomic E-state index is 12.2. The van der Waals surface area contributed by atoms with E-state index >= 15 is 0 Å². The number of hydrogen-bond acceptors (Lipinski definition) is 3. The van der Waals surface area contributed by atoms with Gasteiger partial charge < -0.3 is 5.73 Å². The van der Waals surface area contributed by atoms with E-state index in [1.165, 1.54) is 6.07 Å². The Kier molecular flexibility index (Phi) is 4.77. The Hall–Kier alpha value is -1.40. The quantitative estimate of drug-likeness (QED) is 0.890. The summed E-state index contributed by atoms with van der Waals surface area (Å²) in [6.45, 7) is 0.547. The Bertz CT molecular complexity index is 702. The summed E-state index contributed by atoms with van der Waals surface area (Å²) in [6, 6.07) is 13.8. The van der Waals surface area contributed by atoms with Crippen LogP contribution in [0.1, 0.15) is 11.1 Å². The molecule has 0 radical (unpaired) electrons. The predicted molar refractivity (Wildman–Crippen MR) is 79.8 cm³/mol. The van der Waals surface area contributed by atoms with E-state index in [0.29, 0.717) is 6.54 Å². The summed E-state index contributed by atoms with van der Waals surface area (Å²) in [4.78, 5) is 0.0758. The lowest BCUT2D eigenvalue weighted by Gasteiger charge is -2.10. The topological polar surface area (TPSA) is 72.2 Å². The minimum absolute atomic E-state index is 0.0758. The van der Waals surface area contributed by atoms with Crippen molar-refractivity contribution in [2.45, 2.75) is 18.0 Å². The molecule has 4 nitrogen and oxygen atoms in total. The van der Waals surface area contributed by atoms with E-state index in [1.54, 1.807) is 18.2 Å². The Morgan fingerprint density at radius 2 is 1.60 bits per heavy atom. The van der Waals surface area contributed by atoms with Gasteiger partial charge in [-0.3, -0.25) is 0 Å². The van der Waals surface area contributed by atoms with E-state index in [9.17, 15) is 8.42 Å². The number of hydrogen-bond donors (Lipinski definition) is 2. The second-order valence-electron chi connectivity index (χ2n) is 4.23. The molecule has 2 rings (SSSR count). The Balaban J connectivity index is 2.20. The molecule has 0 aliphatic carbocycles. The molecule has 0 saturated heterocycles. The molecule has 0 fully saturated rings. The van der Waals surface area contributed by atoms with Gasteiger partial charge in [-0.15, -0.1) is 0 Å². The van der Waals surface area contributed by atoms with Crippen molar-refractivity contribution in [2.75, 3.05) is 0 Å². The zero-order valence-corrected chi connectivity index (χ0v) is 12.3. The molecule has 0 spiro atoms. The lowest BCUT2D eigenvalue weighted by molar-refractivity contribution is 0.581. The molecular formula is C14H15ClN2O2S. The Labute approximate surface area is 123 Å². The fourth-order valence-corrected chi connectivity index (χ4v) is 3.37. The fraction of sp³-hybridized carbons (Fsp3) is 0.143. The summed E-state index contributed by atoms with van der Waals surface area (Å²) in [6.07, 6.45) is 0. The number of nitrogens with one attached hydrogen (secondary N) is 1. The van der Waals surface area contributed by atoms with Crippen LogP contribution in [0.4, 0.5) is 0 Å². The van der Waals surface area contributed by atoms with E-state index in [4.69, 9.17) is 17.3 Å². The van der Waals surface area contributed by atoms with Gasteiger partial charge >= 0.3 is 0 Å². The molecule has 0 amide bonds. The van der Waals surface area contributed by atoms with Crippen molar-refractivity contribution >= 4 is 21.6 Å². The van der Waals surface area contributed by atoms with Crippen molar-refractivity contribution in [2.24, 2.45) is 5.73 Å². The molecule has 3 N–H and O–H groups in total. The first-order valence-corrected chi connectivity index (χ1v) is 7.92. The zero-order valence-electron chi connectivity index (χ0n) is 10.7. The first-order chi connectivity index (χ1) is 9.54. The van der Waals surface area contributed by atoms with E-state index in [2.05, 4.69) is 4.72 Å². The van der Waals surface area contributed by atoms with Crippen LogP contribution < -0.4 is 10.5 Å². The first kappa shape index (κ1) is 15.0. The van der Waals surface area contributed by atoms with Crippen molar-refractivity contribution < 1.29 is 8.42 Å². The van der Waals surface area contributed by atoms with Crippen molar-refractivity contribution in [1.82, 2.24) is 4.72 Å². The molecule has 0 aliphatic rings. The average molecular weight is 311 g/mol. The van der Waals surface area contributed by atoms with Gasteiger partial charge in [0.05, 0.1) is 5.02 Å². The van der Waals surface area contributed by atoms with Gasteiger partial charge in [0.2, 0.25) is 10.0 Å². The van der Waals surface area contributed by atoms with Crippen LogP contribution in [0.15, 0.2) is 53.4 Å². The SMILES string of the molecule is NCc1ccccc1CNS(=O)(=O)c1ccccc1Cl. The Morgan fingerprint density at radius 3 is 2.25 bits per heavy atom. The number of nitrogens with two attached hydrogens (primary N) is 1. The van der Waals surface area contributed by atoms with Crippen molar-refractivity contribution in [3.63, 3.8) is 0 Å². The summed E-state index contributed by atoms with van der Waals surface area (Å²) in [7, 11) is -3.64. The third kappa shape index (κ3) is 3.37. The average Bonchev–Trinajstić information content (AvgIpc) is 2.46. The minimum Gasteiger partial charge on any atom is -0.326 e. The highest BCUT2D eigenvalue weighted by Gasteiger charge is 2.17. The third-order valence-electron chi connectivity index (χ3n) is 2.92. The van der Waals surface area contributed by atoms with Gasteiger partial charge in [0.25, 0.3) is 0 Å². The third-order valence-corrected chi connectivity index (χ3v) is 4.82. The number of halogens is 1. The molecule has 0 atom stereocenters. The van der Waals surface area contributed by atoms with Gasteiger partial charge in [-0.05, 0) is 23.3 Å². The van der Waals surface area contributed by atoms with Crippen LogP contribution in [-0.2, 0) is 23.1 Å². The lowest BCUT2D eigenvalue weighted by Crippen LogP contribution is -2.24. The van der Waals surface area contributed by atoms with E-state index in [1.807, 2.05) is 24.3 Å². The van der Waals surface area contributed by atoms with Crippen LogP contribution in [0.25, 0.3) is 0 Å². The molecule has 2 aromatic rings. The standard InChI is InChI=1S/C14H15ClN2O2S/c15-13-7-3-4-8-14(13)20(18,19)17-10-12-6-2-1-5-11(12)9-16/h1-8,17H,9-10,16H2. The second kappa shape index (κ2) is 6.37. The minimum atomic E-state index is -3.64. The summed E-state index contributed by atoms with van der Waals surface area (Å²) in [5.41, 5.74) is 7.39. The van der Waals surface area contributed by atoms with Gasteiger partial charge in [0, 0.05) is 13.1 Å². The molecular weight excluding hydrogens is 296 g/mol.